The minimum atomic E-state index is -0.115. The molecule has 2 nitrogen and oxygen atoms in total. The summed E-state index contributed by atoms with van der Waals surface area (Å²) in [5.41, 5.74) is 2.51. The molecule has 3 heteroatoms. The van der Waals surface area contributed by atoms with Crippen LogP contribution in [0.4, 0.5) is 0 Å². The molecule has 1 rings (SSSR count). The lowest BCUT2D eigenvalue weighted by molar-refractivity contribution is -0.120. The number of halogens is 1. The molecule has 15 heavy (non-hydrogen) atoms. The van der Waals surface area contributed by atoms with Crippen LogP contribution in [0.3, 0.4) is 0 Å². The van der Waals surface area contributed by atoms with Crippen LogP contribution < -0.4 is 5.32 Å². The molecule has 1 atom stereocenters. The number of carbonyl (C=O) groups is 1. The van der Waals surface area contributed by atoms with Gasteiger partial charge in [0.1, 0.15) is 0 Å². The van der Waals surface area contributed by atoms with E-state index >= 15 is 0 Å². The number of hydrogen-bond donors (Lipinski definition) is 1. The molecule has 0 aromatic heterocycles. The van der Waals surface area contributed by atoms with E-state index in [0.717, 1.165) is 6.42 Å². The fraction of sp³-hybridized carbons (Fsp3) is 0.417. The largest absolute Gasteiger partial charge is 0.355 e. The van der Waals surface area contributed by atoms with Gasteiger partial charge < -0.3 is 5.32 Å². The third kappa shape index (κ3) is 4.47. The maximum Gasteiger partial charge on any atom is 0.233 e. The predicted molar refractivity (Wildman–Crippen MR) is 66.3 cm³/mol. The van der Waals surface area contributed by atoms with E-state index in [1.54, 1.807) is 0 Å². The van der Waals surface area contributed by atoms with Gasteiger partial charge in [-0.1, -0.05) is 45.8 Å². The highest BCUT2D eigenvalue weighted by molar-refractivity contribution is 9.10. The van der Waals surface area contributed by atoms with E-state index in [2.05, 4.69) is 52.4 Å². The van der Waals surface area contributed by atoms with Crippen LogP contribution in [0.2, 0.25) is 0 Å². The van der Waals surface area contributed by atoms with Crippen molar-refractivity contribution in [1.29, 1.82) is 0 Å². The normalized spacial score (nSPS) is 12.2. The molecule has 0 saturated heterocycles. The average Bonchev–Trinajstić information content (AvgIpc) is 2.20. The van der Waals surface area contributed by atoms with Gasteiger partial charge in [-0.15, -0.1) is 0 Å². The van der Waals surface area contributed by atoms with E-state index in [0.29, 0.717) is 6.54 Å². The zero-order valence-electron chi connectivity index (χ0n) is 9.09. The summed E-state index contributed by atoms with van der Waals surface area (Å²) in [6.45, 7) is 4.58. The molecular weight excluding hydrogens is 254 g/mol. The molecule has 0 spiro atoms. The van der Waals surface area contributed by atoms with Crippen molar-refractivity contribution in [2.75, 3.05) is 6.54 Å². The quantitative estimate of drug-likeness (QED) is 0.836. The van der Waals surface area contributed by atoms with Crippen LogP contribution in [0, 0.1) is 6.92 Å². The minimum absolute atomic E-state index is 0.0436. The zero-order chi connectivity index (χ0) is 11.3. The molecule has 0 aliphatic heterocycles. The molecule has 0 bridgehead atoms. The van der Waals surface area contributed by atoms with Crippen molar-refractivity contribution in [1.82, 2.24) is 5.32 Å². The maximum atomic E-state index is 11.2. The summed E-state index contributed by atoms with van der Waals surface area (Å²) in [6, 6.07) is 8.37. The van der Waals surface area contributed by atoms with Gasteiger partial charge in [0.05, 0.1) is 4.83 Å². The summed E-state index contributed by atoms with van der Waals surface area (Å²) in [4.78, 5) is 11.1. The first-order valence-electron chi connectivity index (χ1n) is 5.07. The molecule has 1 amide bonds. The van der Waals surface area contributed by atoms with Gasteiger partial charge in [-0.25, -0.2) is 0 Å². The lowest BCUT2D eigenvalue weighted by Gasteiger charge is -2.06. The second-order valence-electron chi connectivity index (χ2n) is 3.64. The minimum Gasteiger partial charge on any atom is -0.355 e. The Hall–Kier alpha value is -0.830. The van der Waals surface area contributed by atoms with Crippen molar-refractivity contribution in [2.24, 2.45) is 0 Å². The molecule has 0 aliphatic carbocycles. The Morgan fingerprint density at radius 1 is 1.40 bits per heavy atom. The zero-order valence-corrected chi connectivity index (χ0v) is 10.7. The number of rotatable bonds is 4. The number of nitrogens with one attached hydrogen (secondary N) is 1. The van der Waals surface area contributed by atoms with Crippen LogP contribution in [-0.4, -0.2) is 17.3 Å². The SMILES string of the molecule is Cc1ccc(CCNC(=O)C(C)Br)cc1. The third-order valence-corrected chi connectivity index (χ3v) is 2.61. The Labute approximate surface area is 99.2 Å². The van der Waals surface area contributed by atoms with Crippen LogP contribution in [0.1, 0.15) is 18.1 Å². The van der Waals surface area contributed by atoms with Crippen LogP contribution in [0.25, 0.3) is 0 Å². The van der Waals surface area contributed by atoms with Crippen molar-refractivity contribution in [3.8, 4) is 0 Å². The van der Waals surface area contributed by atoms with E-state index in [4.69, 9.17) is 0 Å². The van der Waals surface area contributed by atoms with Crippen molar-refractivity contribution in [3.05, 3.63) is 35.4 Å². The monoisotopic (exact) mass is 269 g/mol. The smallest absolute Gasteiger partial charge is 0.233 e. The summed E-state index contributed by atoms with van der Waals surface area (Å²) in [6.07, 6.45) is 0.881. The summed E-state index contributed by atoms with van der Waals surface area (Å²) in [5.74, 6) is 0.0436. The van der Waals surface area contributed by atoms with Gasteiger partial charge in [-0.3, -0.25) is 4.79 Å². The van der Waals surface area contributed by atoms with Gasteiger partial charge >= 0.3 is 0 Å². The van der Waals surface area contributed by atoms with Gasteiger partial charge in [-0.2, -0.15) is 0 Å². The van der Waals surface area contributed by atoms with Crippen LogP contribution in [0.5, 0.6) is 0 Å². The van der Waals surface area contributed by atoms with Crippen LogP contribution in [0.15, 0.2) is 24.3 Å². The van der Waals surface area contributed by atoms with Gasteiger partial charge in [0.2, 0.25) is 5.91 Å². The third-order valence-electron chi connectivity index (χ3n) is 2.19. The number of aryl methyl sites for hydroxylation is 1. The predicted octanol–water partition coefficient (Wildman–Crippen LogP) is 2.44. The van der Waals surface area contributed by atoms with E-state index in [-0.39, 0.29) is 10.7 Å². The Kier molecular flexibility index (Phi) is 4.82. The lowest BCUT2D eigenvalue weighted by Crippen LogP contribution is -2.30. The van der Waals surface area contributed by atoms with E-state index < -0.39 is 0 Å². The van der Waals surface area contributed by atoms with Gasteiger partial charge in [0.25, 0.3) is 0 Å². The highest BCUT2D eigenvalue weighted by atomic mass is 79.9. The Morgan fingerprint density at radius 3 is 2.53 bits per heavy atom. The molecule has 0 heterocycles. The summed E-state index contributed by atoms with van der Waals surface area (Å²) in [5, 5.41) is 2.86. The van der Waals surface area contributed by atoms with Gasteiger partial charge in [-0.05, 0) is 25.8 Å². The first kappa shape index (κ1) is 12.2. The Morgan fingerprint density at radius 2 is 2.00 bits per heavy atom. The number of amides is 1. The highest BCUT2D eigenvalue weighted by Gasteiger charge is 2.06. The second kappa shape index (κ2) is 5.91. The number of hydrogen-bond acceptors (Lipinski definition) is 1. The van der Waals surface area contributed by atoms with E-state index in [1.807, 2.05) is 6.92 Å². The lowest BCUT2D eigenvalue weighted by atomic mass is 10.1. The van der Waals surface area contributed by atoms with E-state index in [1.165, 1.54) is 11.1 Å². The first-order valence-corrected chi connectivity index (χ1v) is 5.98. The van der Waals surface area contributed by atoms with Gasteiger partial charge in [0, 0.05) is 6.54 Å². The molecule has 0 fully saturated rings. The molecule has 1 unspecified atom stereocenters. The molecule has 1 aromatic rings. The molecule has 0 saturated carbocycles. The fourth-order valence-corrected chi connectivity index (χ4v) is 1.39. The topological polar surface area (TPSA) is 29.1 Å². The molecule has 0 radical (unpaired) electrons. The number of benzene rings is 1. The van der Waals surface area contributed by atoms with Crippen molar-refractivity contribution in [3.63, 3.8) is 0 Å². The van der Waals surface area contributed by atoms with Crippen LogP contribution in [-0.2, 0) is 11.2 Å². The van der Waals surface area contributed by atoms with Gasteiger partial charge in [0.15, 0.2) is 0 Å². The molecule has 0 aliphatic rings. The second-order valence-corrected chi connectivity index (χ2v) is 5.02. The molecule has 1 aromatic carbocycles. The number of carbonyl (C=O) groups excluding carboxylic acids is 1. The molecular formula is C12H16BrNO. The fourth-order valence-electron chi connectivity index (χ4n) is 1.23. The molecule has 1 N–H and O–H groups in total. The first-order chi connectivity index (χ1) is 7.09. The van der Waals surface area contributed by atoms with Crippen molar-refractivity contribution < 1.29 is 4.79 Å². The summed E-state index contributed by atoms with van der Waals surface area (Å²) in [7, 11) is 0. The maximum absolute atomic E-state index is 11.2. The van der Waals surface area contributed by atoms with Crippen molar-refractivity contribution in [2.45, 2.75) is 25.1 Å². The Bertz CT molecular complexity index is 319. The van der Waals surface area contributed by atoms with Crippen LogP contribution >= 0.6 is 15.9 Å². The van der Waals surface area contributed by atoms with E-state index in [9.17, 15) is 4.79 Å². The van der Waals surface area contributed by atoms with Crippen molar-refractivity contribution >= 4 is 21.8 Å². The highest BCUT2D eigenvalue weighted by Crippen LogP contribution is 2.03. The Balaban J connectivity index is 2.32. The average molecular weight is 270 g/mol. The summed E-state index contributed by atoms with van der Waals surface area (Å²) >= 11 is 3.22. The molecule has 82 valence electrons. The summed E-state index contributed by atoms with van der Waals surface area (Å²) < 4.78 is 0. The number of alkyl halides is 1. The standard InChI is InChI=1S/C12H16BrNO/c1-9-3-5-11(6-4-9)7-8-14-12(15)10(2)13/h3-6,10H,7-8H2,1-2H3,(H,14,15).